The van der Waals surface area contributed by atoms with E-state index in [1.807, 2.05) is 0 Å². The minimum Gasteiger partial charge on any atom is -0.369 e. The molecule has 3 N–H and O–H groups in total. The molecular formula is C16H13F3N4O. The van der Waals surface area contributed by atoms with Crippen LogP contribution in [0.5, 0.6) is 0 Å². The highest BCUT2D eigenvalue weighted by Gasteiger charge is 2.35. The van der Waals surface area contributed by atoms with Crippen molar-refractivity contribution in [3.8, 4) is 17.1 Å². The number of carbonyl (C=O) groups excluding carboxylic acids is 1. The van der Waals surface area contributed by atoms with Gasteiger partial charge in [-0.25, -0.2) is 4.68 Å². The lowest BCUT2D eigenvalue weighted by Crippen LogP contribution is -2.13. The van der Waals surface area contributed by atoms with Crippen molar-refractivity contribution >= 4 is 5.91 Å². The van der Waals surface area contributed by atoms with Crippen LogP contribution in [-0.2, 0) is 17.4 Å². The maximum atomic E-state index is 13.0. The quantitative estimate of drug-likeness (QED) is 0.770. The number of amides is 1. The Morgan fingerprint density at radius 1 is 1.21 bits per heavy atom. The molecule has 8 heteroatoms. The third kappa shape index (κ3) is 3.17. The van der Waals surface area contributed by atoms with Gasteiger partial charge < -0.3 is 10.7 Å². The molecule has 2 heterocycles. The third-order valence-electron chi connectivity index (χ3n) is 3.43. The zero-order chi connectivity index (χ0) is 17.3. The highest BCUT2D eigenvalue weighted by Crippen LogP contribution is 2.32. The Morgan fingerprint density at radius 3 is 2.46 bits per heavy atom. The Hall–Kier alpha value is -3.03. The molecule has 0 fully saturated rings. The molecule has 1 amide bonds. The Morgan fingerprint density at radius 2 is 1.92 bits per heavy atom. The van der Waals surface area contributed by atoms with E-state index in [2.05, 4.69) is 10.1 Å². The molecule has 5 nitrogen and oxygen atoms in total. The number of nitrogens with two attached hydrogens (primary N) is 1. The van der Waals surface area contributed by atoms with Gasteiger partial charge in [0.05, 0.1) is 23.5 Å². The number of hydrogen-bond acceptors (Lipinski definition) is 2. The molecule has 2 aromatic heterocycles. The monoisotopic (exact) mass is 334 g/mol. The molecule has 0 aliphatic rings. The van der Waals surface area contributed by atoms with Crippen molar-refractivity contribution in [3.63, 3.8) is 0 Å². The molecule has 3 aromatic rings. The van der Waals surface area contributed by atoms with Gasteiger partial charge in [-0.3, -0.25) is 4.79 Å². The Labute approximate surface area is 134 Å². The zero-order valence-electron chi connectivity index (χ0n) is 12.3. The third-order valence-corrected chi connectivity index (χ3v) is 3.43. The van der Waals surface area contributed by atoms with Gasteiger partial charge in [-0.15, -0.1) is 0 Å². The fraction of sp³-hybridized carbons (Fsp3) is 0.125. The van der Waals surface area contributed by atoms with Gasteiger partial charge in [-0.2, -0.15) is 18.3 Å². The summed E-state index contributed by atoms with van der Waals surface area (Å²) >= 11 is 0. The van der Waals surface area contributed by atoms with Gasteiger partial charge in [-0.1, -0.05) is 12.1 Å². The zero-order valence-corrected chi connectivity index (χ0v) is 12.3. The van der Waals surface area contributed by atoms with Crippen LogP contribution in [0.15, 0.2) is 48.7 Å². The first-order valence-corrected chi connectivity index (χ1v) is 7.03. The van der Waals surface area contributed by atoms with Crippen molar-refractivity contribution in [3.05, 3.63) is 59.9 Å². The standard InChI is InChI=1S/C16H13F3N4O/c17-16(18,19)14-9-13(12-2-1-7-21-12)23(22-14)11-5-3-10(4-6-11)8-15(20)24/h1-7,9,21H,8H2,(H2,20,24). The van der Waals surface area contributed by atoms with Gasteiger partial charge in [0.15, 0.2) is 5.69 Å². The van der Waals surface area contributed by atoms with E-state index in [-0.39, 0.29) is 12.1 Å². The number of rotatable bonds is 4. The number of benzene rings is 1. The van der Waals surface area contributed by atoms with Crippen LogP contribution in [0, 0.1) is 0 Å². The first kappa shape index (κ1) is 15.9. The van der Waals surface area contributed by atoms with Crippen molar-refractivity contribution in [1.82, 2.24) is 14.8 Å². The van der Waals surface area contributed by atoms with Crippen molar-refractivity contribution in [2.45, 2.75) is 12.6 Å². The Balaban J connectivity index is 2.06. The van der Waals surface area contributed by atoms with Crippen LogP contribution in [0.3, 0.4) is 0 Å². The van der Waals surface area contributed by atoms with Crippen molar-refractivity contribution in [2.75, 3.05) is 0 Å². The molecule has 0 radical (unpaired) electrons. The molecule has 0 saturated carbocycles. The SMILES string of the molecule is NC(=O)Cc1ccc(-n2nc(C(F)(F)F)cc2-c2ccc[nH]2)cc1. The number of primary amides is 1. The summed E-state index contributed by atoms with van der Waals surface area (Å²) in [5, 5.41) is 3.68. The normalized spacial score (nSPS) is 11.6. The Kier molecular flexibility index (Phi) is 3.88. The predicted molar refractivity (Wildman–Crippen MR) is 81.3 cm³/mol. The van der Waals surface area contributed by atoms with Gasteiger partial charge in [0.1, 0.15) is 0 Å². The fourth-order valence-electron chi connectivity index (χ4n) is 2.35. The first-order valence-electron chi connectivity index (χ1n) is 7.03. The largest absolute Gasteiger partial charge is 0.435 e. The van der Waals surface area contributed by atoms with Crippen LogP contribution in [0.4, 0.5) is 13.2 Å². The van der Waals surface area contributed by atoms with E-state index in [0.717, 1.165) is 6.07 Å². The average molecular weight is 334 g/mol. The molecule has 0 bridgehead atoms. The van der Waals surface area contributed by atoms with E-state index in [9.17, 15) is 18.0 Å². The number of aromatic amines is 1. The first-order chi connectivity index (χ1) is 11.3. The topological polar surface area (TPSA) is 76.7 Å². The number of nitrogens with zero attached hydrogens (tertiary/aromatic N) is 2. The summed E-state index contributed by atoms with van der Waals surface area (Å²) in [4.78, 5) is 13.8. The number of hydrogen-bond donors (Lipinski definition) is 2. The summed E-state index contributed by atoms with van der Waals surface area (Å²) in [6, 6.07) is 10.8. The van der Waals surface area contributed by atoms with E-state index < -0.39 is 17.8 Å². The van der Waals surface area contributed by atoms with Gasteiger partial charge in [0.2, 0.25) is 5.91 Å². The second kappa shape index (κ2) is 5.88. The summed E-state index contributed by atoms with van der Waals surface area (Å²) in [7, 11) is 0. The molecule has 124 valence electrons. The maximum Gasteiger partial charge on any atom is 0.435 e. The smallest absolute Gasteiger partial charge is 0.369 e. The molecule has 0 aliphatic heterocycles. The average Bonchev–Trinajstić information content (AvgIpc) is 3.16. The summed E-state index contributed by atoms with van der Waals surface area (Å²) in [6.07, 6.45) is -2.86. The summed E-state index contributed by atoms with van der Waals surface area (Å²) in [5.74, 6) is -0.478. The van der Waals surface area contributed by atoms with Crippen LogP contribution in [-0.4, -0.2) is 20.7 Å². The van der Waals surface area contributed by atoms with Gasteiger partial charge in [0, 0.05) is 6.20 Å². The van der Waals surface area contributed by atoms with Crippen molar-refractivity contribution < 1.29 is 18.0 Å². The minimum atomic E-state index is -4.54. The molecule has 1 aromatic carbocycles. The van der Waals surface area contributed by atoms with E-state index in [4.69, 9.17) is 5.73 Å². The molecule has 0 spiro atoms. The fourth-order valence-corrected chi connectivity index (χ4v) is 2.35. The molecular weight excluding hydrogens is 321 g/mol. The second-order valence-corrected chi connectivity index (χ2v) is 5.22. The van der Waals surface area contributed by atoms with Crippen LogP contribution in [0.1, 0.15) is 11.3 Å². The maximum absolute atomic E-state index is 13.0. The number of aromatic nitrogens is 3. The highest BCUT2D eigenvalue weighted by atomic mass is 19.4. The number of halogens is 3. The molecule has 0 aliphatic carbocycles. The molecule has 24 heavy (non-hydrogen) atoms. The van der Waals surface area contributed by atoms with E-state index in [1.165, 1.54) is 4.68 Å². The van der Waals surface area contributed by atoms with E-state index in [0.29, 0.717) is 16.9 Å². The minimum absolute atomic E-state index is 0.0661. The molecule has 0 saturated heterocycles. The van der Waals surface area contributed by atoms with Crippen molar-refractivity contribution in [1.29, 1.82) is 0 Å². The lowest BCUT2D eigenvalue weighted by molar-refractivity contribution is -0.141. The summed E-state index contributed by atoms with van der Waals surface area (Å²) in [6.45, 7) is 0. The van der Waals surface area contributed by atoms with E-state index >= 15 is 0 Å². The van der Waals surface area contributed by atoms with Crippen LogP contribution in [0.25, 0.3) is 17.1 Å². The lowest BCUT2D eigenvalue weighted by Gasteiger charge is -2.07. The van der Waals surface area contributed by atoms with Gasteiger partial charge in [0.25, 0.3) is 0 Å². The van der Waals surface area contributed by atoms with Gasteiger partial charge >= 0.3 is 6.18 Å². The van der Waals surface area contributed by atoms with Crippen LogP contribution in [0.2, 0.25) is 0 Å². The number of alkyl halides is 3. The molecule has 0 unspecified atom stereocenters. The summed E-state index contributed by atoms with van der Waals surface area (Å²) < 4.78 is 40.2. The lowest BCUT2D eigenvalue weighted by atomic mass is 10.1. The number of H-pyrrole nitrogens is 1. The molecule has 3 rings (SSSR count). The van der Waals surface area contributed by atoms with Gasteiger partial charge in [-0.05, 0) is 35.9 Å². The molecule has 0 atom stereocenters. The number of nitrogens with one attached hydrogen (secondary N) is 1. The summed E-state index contributed by atoms with van der Waals surface area (Å²) in [5.41, 5.74) is 6.07. The highest BCUT2D eigenvalue weighted by molar-refractivity contribution is 5.76. The van der Waals surface area contributed by atoms with Crippen LogP contribution < -0.4 is 5.73 Å². The van der Waals surface area contributed by atoms with E-state index in [1.54, 1.807) is 42.6 Å². The van der Waals surface area contributed by atoms with Crippen molar-refractivity contribution in [2.24, 2.45) is 5.73 Å². The Bertz CT molecular complexity index is 849. The second-order valence-electron chi connectivity index (χ2n) is 5.22. The number of carbonyl (C=O) groups is 1. The predicted octanol–water partition coefficient (Wildman–Crippen LogP) is 2.91. The van der Waals surface area contributed by atoms with Crippen LogP contribution >= 0.6 is 0 Å².